The number of ether oxygens (including phenoxy) is 1. The minimum atomic E-state index is -0.0805. The number of carbonyl (C=O) groups excluding carboxylic acids is 1. The number of rotatable bonds is 4. The molecule has 0 fully saturated rings. The summed E-state index contributed by atoms with van der Waals surface area (Å²) >= 11 is 15.3. The van der Waals surface area contributed by atoms with E-state index in [1.807, 2.05) is 18.2 Å². The highest BCUT2D eigenvalue weighted by molar-refractivity contribution is 9.10. The van der Waals surface area contributed by atoms with Crippen LogP contribution in [0.2, 0.25) is 10.0 Å². The third-order valence-electron chi connectivity index (χ3n) is 2.82. The molecule has 0 heterocycles. The molecule has 0 saturated heterocycles. The summed E-state index contributed by atoms with van der Waals surface area (Å²) in [4.78, 5) is 12.3. The van der Waals surface area contributed by atoms with Gasteiger partial charge in [0, 0.05) is 27.0 Å². The standard InChI is InChI=1S/C15H11BrCl2O2/c1-20-15-5-2-10(16)6-9(15)7-14(19)12-4-3-11(17)8-13(12)18/h2-6,8H,7H2,1H3. The quantitative estimate of drug-likeness (QED) is 0.689. The predicted octanol–water partition coefficient (Wildman–Crippen LogP) is 5.19. The third kappa shape index (κ3) is 3.54. The maximum Gasteiger partial charge on any atom is 0.168 e. The molecular formula is C15H11BrCl2O2. The van der Waals surface area contributed by atoms with Gasteiger partial charge in [-0.3, -0.25) is 4.79 Å². The lowest BCUT2D eigenvalue weighted by Crippen LogP contribution is -2.05. The van der Waals surface area contributed by atoms with Crippen molar-refractivity contribution in [3.05, 3.63) is 62.0 Å². The van der Waals surface area contributed by atoms with E-state index in [-0.39, 0.29) is 12.2 Å². The summed E-state index contributed by atoms with van der Waals surface area (Å²) in [6, 6.07) is 10.4. The first-order valence-corrected chi connectivity index (χ1v) is 7.37. The average molecular weight is 374 g/mol. The van der Waals surface area contributed by atoms with Gasteiger partial charge in [0.05, 0.1) is 12.1 Å². The van der Waals surface area contributed by atoms with E-state index in [9.17, 15) is 4.79 Å². The molecule has 2 nitrogen and oxygen atoms in total. The lowest BCUT2D eigenvalue weighted by Gasteiger charge is -2.09. The molecule has 0 aliphatic carbocycles. The summed E-state index contributed by atoms with van der Waals surface area (Å²) < 4.78 is 6.15. The van der Waals surface area contributed by atoms with Gasteiger partial charge in [-0.05, 0) is 36.4 Å². The number of ketones is 1. The van der Waals surface area contributed by atoms with Crippen molar-refractivity contribution >= 4 is 44.9 Å². The maximum absolute atomic E-state index is 12.3. The van der Waals surface area contributed by atoms with Gasteiger partial charge in [-0.25, -0.2) is 0 Å². The highest BCUT2D eigenvalue weighted by Crippen LogP contribution is 2.27. The lowest BCUT2D eigenvalue weighted by molar-refractivity contribution is 0.0992. The maximum atomic E-state index is 12.3. The topological polar surface area (TPSA) is 26.3 Å². The van der Waals surface area contributed by atoms with E-state index in [0.29, 0.717) is 21.4 Å². The molecule has 104 valence electrons. The van der Waals surface area contributed by atoms with E-state index in [4.69, 9.17) is 27.9 Å². The second-order valence-electron chi connectivity index (χ2n) is 4.18. The molecular weight excluding hydrogens is 363 g/mol. The van der Waals surface area contributed by atoms with Gasteiger partial charge in [-0.1, -0.05) is 39.1 Å². The molecule has 0 aromatic heterocycles. The SMILES string of the molecule is COc1ccc(Br)cc1CC(=O)c1ccc(Cl)cc1Cl. The Bertz CT molecular complexity index is 656. The Kier molecular flexibility index (Phi) is 5.08. The molecule has 5 heteroatoms. The smallest absolute Gasteiger partial charge is 0.168 e. The monoisotopic (exact) mass is 372 g/mol. The van der Waals surface area contributed by atoms with Gasteiger partial charge < -0.3 is 4.74 Å². The van der Waals surface area contributed by atoms with Crippen molar-refractivity contribution in [3.63, 3.8) is 0 Å². The molecule has 2 rings (SSSR count). The van der Waals surface area contributed by atoms with E-state index < -0.39 is 0 Å². The van der Waals surface area contributed by atoms with Crippen molar-refractivity contribution < 1.29 is 9.53 Å². The molecule has 2 aromatic rings. The summed E-state index contributed by atoms with van der Waals surface area (Å²) in [6.45, 7) is 0. The predicted molar refractivity (Wildman–Crippen MR) is 85.2 cm³/mol. The molecule has 0 unspecified atom stereocenters. The number of halogens is 3. The van der Waals surface area contributed by atoms with Crippen LogP contribution >= 0.6 is 39.1 Å². The molecule has 0 aliphatic rings. The average Bonchev–Trinajstić information content (AvgIpc) is 2.38. The fourth-order valence-electron chi connectivity index (χ4n) is 1.87. The number of Topliss-reactive ketones (excluding diaryl/α,β-unsaturated/α-hetero) is 1. The fraction of sp³-hybridized carbons (Fsp3) is 0.133. The first-order valence-electron chi connectivity index (χ1n) is 5.82. The summed E-state index contributed by atoms with van der Waals surface area (Å²) in [5.41, 5.74) is 1.26. The second kappa shape index (κ2) is 6.61. The molecule has 0 radical (unpaired) electrons. The van der Waals surface area contributed by atoms with E-state index in [0.717, 1.165) is 10.0 Å². The van der Waals surface area contributed by atoms with Gasteiger partial charge in [0.2, 0.25) is 0 Å². The number of benzene rings is 2. The Hall–Kier alpha value is -1.03. The van der Waals surface area contributed by atoms with Crippen LogP contribution in [0.1, 0.15) is 15.9 Å². The van der Waals surface area contributed by atoms with Crippen molar-refractivity contribution in [1.82, 2.24) is 0 Å². The minimum absolute atomic E-state index is 0.0805. The molecule has 0 amide bonds. The number of carbonyl (C=O) groups is 1. The second-order valence-corrected chi connectivity index (χ2v) is 5.94. The van der Waals surface area contributed by atoms with Crippen LogP contribution in [-0.2, 0) is 6.42 Å². The zero-order valence-electron chi connectivity index (χ0n) is 10.6. The summed E-state index contributed by atoms with van der Waals surface area (Å²) in [6.07, 6.45) is 0.212. The molecule has 0 bridgehead atoms. The molecule has 0 atom stereocenters. The van der Waals surface area contributed by atoms with Crippen LogP contribution in [0.25, 0.3) is 0 Å². The fourth-order valence-corrected chi connectivity index (χ4v) is 2.79. The molecule has 0 aliphatic heterocycles. The van der Waals surface area contributed by atoms with Gasteiger partial charge in [-0.15, -0.1) is 0 Å². The number of methoxy groups -OCH3 is 1. The highest BCUT2D eigenvalue weighted by atomic mass is 79.9. The van der Waals surface area contributed by atoms with Gasteiger partial charge in [0.15, 0.2) is 5.78 Å². The molecule has 20 heavy (non-hydrogen) atoms. The van der Waals surface area contributed by atoms with Crippen LogP contribution in [0.4, 0.5) is 0 Å². The van der Waals surface area contributed by atoms with Gasteiger partial charge in [0.25, 0.3) is 0 Å². The van der Waals surface area contributed by atoms with E-state index in [1.54, 1.807) is 25.3 Å². The first kappa shape index (κ1) is 15.4. The third-order valence-corrected chi connectivity index (χ3v) is 3.87. The van der Waals surface area contributed by atoms with Crippen molar-refractivity contribution in [2.45, 2.75) is 6.42 Å². The highest BCUT2D eigenvalue weighted by Gasteiger charge is 2.14. The Morgan fingerprint density at radius 2 is 1.95 bits per heavy atom. The van der Waals surface area contributed by atoms with Crippen molar-refractivity contribution in [2.75, 3.05) is 7.11 Å². The van der Waals surface area contributed by atoms with E-state index >= 15 is 0 Å². The van der Waals surface area contributed by atoms with Crippen LogP contribution in [0.3, 0.4) is 0 Å². The largest absolute Gasteiger partial charge is 0.496 e. The van der Waals surface area contributed by atoms with Crippen molar-refractivity contribution in [2.24, 2.45) is 0 Å². The zero-order chi connectivity index (χ0) is 14.7. The first-order chi connectivity index (χ1) is 9.51. The van der Waals surface area contributed by atoms with Gasteiger partial charge in [-0.2, -0.15) is 0 Å². The number of hydrogen-bond acceptors (Lipinski definition) is 2. The summed E-state index contributed by atoms with van der Waals surface area (Å²) in [5.74, 6) is 0.592. The normalized spacial score (nSPS) is 10.4. The van der Waals surface area contributed by atoms with Gasteiger partial charge >= 0.3 is 0 Å². The minimum Gasteiger partial charge on any atom is -0.496 e. The zero-order valence-corrected chi connectivity index (χ0v) is 13.7. The van der Waals surface area contributed by atoms with E-state index in [2.05, 4.69) is 15.9 Å². The van der Waals surface area contributed by atoms with Crippen molar-refractivity contribution in [3.8, 4) is 5.75 Å². The van der Waals surface area contributed by atoms with Crippen LogP contribution in [0.5, 0.6) is 5.75 Å². The molecule has 0 saturated carbocycles. The van der Waals surface area contributed by atoms with Crippen LogP contribution in [0.15, 0.2) is 40.9 Å². The summed E-state index contributed by atoms with van der Waals surface area (Å²) in [5, 5.41) is 0.864. The van der Waals surface area contributed by atoms with Crippen LogP contribution in [-0.4, -0.2) is 12.9 Å². The molecule has 0 spiro atoms. The number of hydrogen-bond donors (Lipinski definition) is 0. The Balaban J connectivity index is 2.30. The van der Waals surface area contributed by atoms with Crippen LogP contribution < -0.4 is 4.74 Å². The van der Waals surface area contributed by atoms with Gasteiger partial charge in [0.1, 0.15) is 5.75 Å². The molecule has 2 aromatic carbocycles. The molecule has 0 N–H and O–H groups in total. The lowest BCUT2D eigenvalue weighted by atomic mass is 10.0. The Labute approximate surface area is 135 Å². The summed E-state index contributed by atoms with van der Waals surface area (Å²) in [7, 11) is 1.58. The Morgan fingerprint density at radius 1 is 1.20 bits per heavy atom. The van der Waals surface area contributed by atoms with E-state index in [1.165, 1.54) is 0 Å². The van der Waals surface area contributed by atoms with Crippen molar-refractivity contribution in [1.29, 1.82) is 0 Å². The van der Waals surface area contributed by atoms with Crippen LogP contribution in [0, 0.1) is 0 Å². The Morgan fingerprint density at radius 3 is 2.60 bits per heavy atom.